The standard InChI is InChI=1S/C8H15NO2/c9-6-5-8(7(10)11)3-1-2-4-8/h1-6,9H2,(H,10,11). The van der Waals surface area contributed by atoms with Crippen LogP contribution in [0.3, 0.4) is 0 Å². The number of aliphatic carboxylic acids is 1. The van der Waals surface area contributed by atoms with Crippen molar-refractivity contribution < 1.29 is 9.90 Å². The first-order valence-electron chi connectivity index (χ1n) is 4.15. The molecule has 0 saturated heterocycles. The van der Waals surface area contributed by atoms with Crippen molar-refractivity contribution in [2.45, 2.75) is 32.1 Å². The minimum absolute atomic E-state index is 0.464. The minimum Gasteiger partial charge on any atom is -0.481 e. The van der Waals surface area contributed by atoms with Gasteiger partial charge in [0.05, 0.1) is 5.41 Å². The van der Waals surface area contributed by atoms with Gasteiger partial charge in [-0.05, 0) is 25.8 Å². The highest BCUT2D eigenvalue weighted by Gasteiger charge is 2.40. The molecule has 0 unspecified atom stereocenters. The number of rotatable bonds is 3. The number of hydrogen-bond donors (Lipinski definition) is 2. The molecular formula is C8H15NO2. The summed E-state index contributed by atoms with van der Waals surface area (Å²) >= 11 is 0. The Morgan fingerprint density at radius 2 is 2.00 bits per heavy atom. The van der Waals surface area contributed by atoms with Gasteiger partial charge in [0.15, 0.2) is 0 Å². The minimum atomic E-state index is -0.652. The molecule has 0 aromatic heterocycles. The van der Waals surface area contributed by atoms with Crippen LogP contribution in [-0.2, 0) is 4.79 Å². The first-order chi connectivity index (χ1) is 5.21. The van der Waals surface area contributed by atoms with Crippen LogP contribution in [0.4, 0.5) is 0 Å². The largest absolute Gasteiger partial charge is 0.481 e. The normalized spacial score (nSPS) is 21.9. The zero-order valence-corrected chi connectivity index (χ0v) is 6.68. The van der Waals surface area contributed by atoms with Crippen molar-refractivity contribution in [3.05, 3.63) is 0 Å². The molecule has 0 amide bonds. The van der Waals surface area contributed by atoms with Gasteiger partial charge in [-0.25, -0.2) is 0 Å². The average Bonchev–Trinajstić information content (AvgIpc) is 2.38. The van der Waals surface area contributed by atoms with Gasteiger partial charge in [-0.15, -0.1) is 0 Å². The Labute approximate surface area is 66.6 Å². The van der Waals surface area contributed by atoms with Crippen LogP contribution in [0.1, 0.15) is 32.1 Å². The SMILES string of the molecule is NCCC1(C(=O)O)CCCC1. The van der Waals surface area contributed by atoms with E-state index >= 15 is 0 Å². The van der Waals surface area contributed by atoms with E-state index in [0.717, 1.165) is 25.7 Å². The molecule has 11 heavy (non-hydrogen) atoms. The summed E-state index contributed by atoms with van der Waals surface area (Å²) in [5, 5.41) is 8.94. The van der Waals surface area contributed by atoms with E-state index in [0.29, 0.717) is 13.0 Å². The molecule has 0 spiro atoms. The Kier molecular flexibility index (Phi) is 2.49. The van der Waals surface area contributed by atoms with E-state index < -0.39 is 11.4 Å². The van der Waals surface area contributed by atoms with E-state index in [1.165, 1.54) is 0 Å². The fraction of sp³-hybridized carbons (Fsp3) is 0.875. The first-order valence-corrected chi connectivity index (χ1v) is 4.15. The molecule has 0 aliphatic heterocycles. The van der Waals surface area contributed by atoms with E-state index in [9.17, 15) is 4.79 Å². The van der Waals surface area contributed by atoms with Gasteiger partial charge < -0.3 is 10.8 Å². The average molecular weight is 157 g/mol. The second-order valence-electron chi connectivity index (χ2n) is 3.33. The van der Waals surface area contributed by atoms with Crippen LogP contribution >= 0.6 is 0 Å². The molecule has 1 fully saturated rings. The Morgan fingerprint density at radius 1 is 1.45 bits per heavy atom. The second kappa shape index (κ2) is 3.22. The lowest BCUT2D eigenvalue weighted by atomic mass is 9.83. The molecule has 64 valence electrons. The lowest BCUT2D eigenvalue weighted by Gasteiger charge is -2.22. The Morgan fingerprint density at radius 3 is 2.36 bits per heavy atom. The van der Waals surface area contributed by atoms with Crippen LogP contribution in [0.2, 0.25) is 0 Å². The Hall–Kier alpha value is -0.570. The van der Waals surface area contributed by atoms with Gasteiger partial charge in [0, 0.05) is 0 Å². The molecular weight excluding hydrogens is 142 g/mol. The maximum atomic E-state index is 10.9. The summed E-state index contributed by atoms with van der Waals surface area (Å²) in [7, 11) is 0. The predicted octanol–water partition coefficient (Wildman–Crippen LogP) is 0.980. The highest BCUT2D eigenvalue weighted by molar-refractivity contribution is 5.74. The molecule has 0 atom stereocenters. The molecule has 0 aromatic rings. The zero-order chi connectivity index (χ0) is 8.32. The van der Waals surface area contributed by atoms with E-state index in [1.54, 1.807) is 0 Å². The smallest absolute Gasteiger partial charge is 0.309 e. The van der Waals surface area contributed by atoms with Crippen LogP contribution in [0.25, 0.3) is 0 Å². The van der Waals surface area contributed by atoms with Gasteiger partial charge in [0.2, 0.25) is 0 Å². The summed E-state index contributed by atoms with van der Waals surface area (Å²) < 4.78 is 0. The van der Waals surface area contributed by atoms with Gasteiger partial charge in [0.25, 0.3) is 0 Å². The predicted molar refractivity (Wildman–Crippen MR) is 42.2 cm³/mol. The molecule has 1 rings (SSSR count). The highest BCUT2D eigenvalue weighted by Crippen LogP contribution is 2.40. The molecule has 0 radical (unpaired) electrons. The van der Waals surface area contributed by atoms with E-state index in [4.69, 9.17) is 10.8 Å². The molecule has 1 aliphatic carbocycles. The molecule has 3 N–H and O–H groups in total. The van der Waals surface area contributed by atoms with Gasteiger partial charge in [-0.1, -0.05) is 12.8 Å². The number of carboxylic acid groups (broad SMARTS) is 1. The molecule has 0 aromatic carbocycles. The first kappa shape index (κ1) is 8.53. The maximum absolute atomic E-state index is 10.9. The van der Waals surface area contributed by atoms with Crippen molar-refractivity contribution in [2.75, 3.05) is 6.54 Å². The van der Waals surface area contributed by atoms with Crippen molar-refractivity contribution in [1.29, 1.82) is 0 Å². The molecule has 1 saturated carbocycles. The quantitative estimate of drug-likeness (QED) is 0.642. The molecule has 0 bridgehead atoms. The molecule has 3 nitrogen and oxygen atoms in total. The Bertz CT molecular complexity index is 150. The highest BCUT2D eigenvalue weighted by atomic mass is 16.4. The lowest BCUT2D eigenvalue weighted by molar-refractivity contribution is -0.148. The summed E-state index contributed by atoms with van der Waals surface area (Å²) in [5.41, 5.74) is 4.90. The summed E-state index contributed by atoms with van der Waals surface area (Å²) in [4.78, 5) is 10.9. The fourth-order valence-corrected chi connectivity index (χ4v) is 1.90. The third-order valence-electron chi connectivity index (χ3n) is 2.64. The Balaban J connectivity index is 2.62. The number of carbonyl (C=O) groups is 1. The second-order valence-corrected chi connectivity index (χ2v) is 3.33. The summed E-state index contributed by atoms with van der Waals surface area (Å²) in [6, 6.07) is 0. The van der Waals surface area contributed by atoms with Gasteiger partial charge in [-0.3, -0.25) is 4.79 Å². The fourth-order valence-electron chi connectivity index (χ4n) is 1.90. The zero-order valence-electron chi connectivity index (χ0n) is 6.68. The van der Waals surface area contributed by atoms with Crippen LogP contribution in [-0.4, -0.2) is 17.6 Å². The summed E-state index contributed by atoms with van der Waals surface area (Å²) in [5.74, 6) is -0.652. The van der Waals surface area contributed by atoms with Crippen molar-refractivity contribution in [3.8, 4) is 0 Å². The van der Waals surface area contributed by atoms with Crippen molar-refractivity contribution in [3.63, 3.8) is 0 Å². The third kappa shape index (κ3) is 1.53. The van der Waals surface area contributed by atoms with Crippen LogP contribution < -0.4 is 5.73 Å². The maximum Gasteiger partial charge on any atom is 0.309 e. The summed E-state index contributed by atoms with van der Waals surface area (Å²) in [6.45, 7) is 0.492. The lowest BCUT2D eigenvalue weighted by Crippen LogP contribution is -2.30. The van der Waals surface area contributed by atoms with Gasteiger partial charge >= 0.3 is 5.97 Å². The van der Waals surface area contributed by atoms with Crippen LogP contribution in [0.15, 0.2) is 0 Å². The molecule has 3 heteroatoms. The monoisotopic (exact) mass is 157 g/mol. The van der Waals surface area contributed by atoms with Crippen molar-refractivity contribution in [1.82, 2.24) is 0 Å². The summed E-state index contributed by atoms with van der Waals surface area (Å²) in [6.07, 6.45) is 4.38. The van der Waals surface area contributed by atoms with E-state index in [2.05, 4.69) is 0 Å². The van der Waals surface area contributed by atoms with Crippen LogP contribution in [0.5, 0.6) is 0 Å². The topological polar surface area (TPSA) is 63.3 Å². The van der Waals surface area contributed by atoms with Gasteiger partial charge in [-0.2, -0.15) is 0 Å². The van der Waals surface area contributed by atoms with Crippen LogP contribution in [0, 0.1) is 5.41 Å². The van der Waals surface area contributed by atoms with E-state index in [-0.39, 0.29) is 0 Å². The number of nitrogens with two attached hydrogens (primary N) is 1. The molecule has 1 aliphatic rings. The number of carboxylic acids is 1. The van der Waals surface area contributed by atoms with E-state index in [1.807, 2.05) is 0 Å². The van der Waals surface area contributed by atoms with Crippen molar-refractivity contribution in [2.24, 2.45) is 11.1 Å². The van der Waals surface area contributed by atoms with Gasteiger partial charge in [0.1, 0.15) is 0 Å². The number of hydrogen-bond acceptors (Lipinski definition) is 2. The molecule has 0 heterocycles. The third-order valence-corrected chi connectivity index (χ3v) is 2.64. The van der Waals surface area contributed by atoms with Crippen molar-refractivity contribution >= 4 is 5.97 Å².